The van der Waals surface area contributed by atoms with Crippen LogP contribution < -0.4 is 20.9 Å². The molecule has 0 heterocycles. The zero-order chi connectivity index (χ0) is 20.5. The number of rotatable bonds is 5. The van der Waals surface area contributed by atoms with Gasteiger partial charge in [0.1, 0.15) is 5.75 Å². The smallest absolute Gasteiger partial charge is 0.276 e. The Morgan fingerprint density at radius 3 is 2.50 bits per heavy atom. The lowest BCUT2D eigenvalue weighted by Crippen LogP contribution is -2.49. The van der Waals surface area contributed by atoms with Gasteiger partial charge in [-0.3, -0.25) is 25.8 Å². The summed E-state index contributed by atoms with van der Waals surface area (Å²) in [6.45, 7) is 1.76. The van der Waals surface area contributed by atoms with Crippen molar-refractivity contribution in [3.63, 3.8) is 0 Å². The Morgan fingerprint density at radius 1 is 1.11 bits per heavy atom. The van der Waals surface area contributed by atoms with E-state index < -0.39 is 11.8 Å². The molecule has 0 spiro atoms. The summed E-state index contributed by atoms with van der Waals surface area (Å²) in [6, 6.07) is 13.0. The fourth-order valence-corrected chi connectivity index (χ4v) is 3.25. The molecule has 0 atom stereocenters. The monoisotopic (exact) mass is 525 g/mol. The zero-order valence-corrected chi connectivity index (χ0v) is 18.8. The van der Waals surface area contributed by atoms with Gasteiger partial charge in [0.25, 0.3) is 5.91 Å². The number of amides is 2. The summed E-state index contributed by atoms with van der Waals surface area (Å²) in [6.07, 6.45) is 3.02. The first-order valence-corrected chi connectivity index (χ1v) is 10.1. The summed E-state index contributed by atoms with van der Waals surface area (Å²) in [5.74, 6) is -0.348. The first kappa shape index (κ1) is 22.1. The van der Waals surface area contributed by atoms with Gasteiger partial charge in [0.15, 0.2) is 11.7 Å². The number of benzene rings is 2. The average molecular weight is 527 g/mol. The van der Waals surface area contributed by atoms with Crippen molar-refractivity contribution in [3.8, 4) is 5.75 Å². The van der Waals surface area contributed by atoms with Crippen LogP contribution in [0.5, 0.6) is 5.75 Å². The van der Waals surface area contributed by atoms with Gasteiger partial charge in [-0.15, -0.1) is 0 Å². The van der Waals surface area contributed by atoms with E-state index in [4.69, 9.17) is 17.0 Å². The molecule has 0 unspecified atom stereocenters. The van der Waals surface area contributed by atoms with Crippen molar-refractivity contribution in [2.75, 3.05) is 6.61 Å². The zero-order valence-electron chi connectivity index (χ0n) is 14.8. The minimum absolute atomic E-state index is 0.0308. The SMILES string of the molecule is Cc1ccc(C=CC(=O)NC(=S)NNC(=O)COc2ccc(Br)cc2Br)cc1. The Bertz CT molecular complexity index is 902. The third-order valence-corrected chi connectivity index (χ3v) is 4.63. The number of hydrogen-bond donors (Lipinski definition) is 3. The quantitative estimate of drug-likeness (QED) is 0.315. The van der Waals surface area contributed by atoms with Gasteiger partial charge in [0, 0.05) is 10.5 Å². The lowest BCUT2D eigenvalue weighted by atomic mass is 10.1. The molecule has 2 aromatic rings. The average Bonchev–Trinajstić information content (AvgIpc) is 2.65. The molecule has 0 saturated carbocycles. The second-order valence-electron chi connectivity index (χ2n) is 5.60. The Labute approximate surface area is 185 Å². The highest BCUT2D eigenvalue weighted by atomic mass is 79.9. The number of hydrazine groups is 1. The molecule has 2 aromatic carbocycles. The highest BCUT2D eigenvalue weighted by Gasteiger charge is 2.07. The number of carbonyl (C=O) groups is 2. The normalized spacial score (nSPS) is 10.4. The van der Waals surface area contributed by atoms with E-state index in [0.29, 0.717) is 10.2 Å². The molecular formula is C19H17Br2N3O3S. The maximum Gasteiger partial charge on any atom is 0.276 e. The van der Waals surface area contributed by atoms with Crippen LogP contribution in [0, 0.1) is 6.92 Å². The van der Waals surface area contributed by atoms with E-state index in [1.54, 1.807) is 24.3 Å². The van der Waals surface area contributed by atoms with Gasteiger partial charge in [-0.1, -0.05) is 45.8 Å². The summed E-state index contributed by atoms with van der Waals surface area (Å²) < 4.78 is 7.00. The van der Waals surface area contributed by atoms with Crippen LogP contribution in [0.1, 0.15) is 11.1 Å². The molecule has 0 fully saturated rings. The topological polar surface area (TPSA) is 79.5 Å². The molecule has 0 aliphatic heterocycles. The van der Waals surface area contributed by atoms with E-state index in [9.17, 15) is 9.59 Å². The number of halogens is 2. The van der Waals surface area contributed by atoms with Crippen molar-refractivity contribution in [2.45, 2.75) is 6.92 Å². The fourth-order valence-electron chi connectivity index (χ4n) is 1.93. The number of nitrogens with one attached hydrogen (secondary N) is 3. The van der Waals surface area contributed by atoms with Gasteiger partial charge in [-0.05, 0) is 64.9 Å². The predicted octanol–water partition coefficient (Wildman–Crippen LogP) is 3.63. The van der Waals surface area contributed by atoms with Crippen molar-refractivity contribution < 1.29 is 14.3 Å². The van der Waals surface area contributed by atoms with Gasteiger partial charge < -0.3 is 4.74 Å². The molecular weight excluding hydrogens is 510 g/mol. The molecule has 146 valence electrons. The molecule has 9 heteroatoms. The van der Waals surface area contributed by atoms with Crippen LogP contribution in [-0.4, -0.2) is 23.5 Å². The Morgan fingerprint density at radius 2 is 1.82 bits per heavy atom. The van der Waals surface area contributed by atoms with E-state index in [-0.39, 0.29) is 11.7 Å². The van der Waals surface area contributed by atoms with Crippen molar-refractivity contribution in [1.82, 2.24) is 16.2 Å². The molecule has 2 amide bonds. The van der Waals surface area contributed by atoms with Crippen molar-refractivity contribution in [2.24, 2.45) is 0 Å². The lowest BCUT2D eigenvalue weighted by molar-refractivity contribution is -0.123. The Kier molecular flexibility index (Phi) is 8.62. The summed E-state index contributed by atoms with van der Waals surface area (Å²) in [7, 11) is 0. The molecule has 28 heavy (non-hydrogen) atoms. The number of hydrogen-bond acceptors (Lipinski definition) is 4. The molecule has 0 aromatic heterocycles. The first-order chi connectivity index (χ1) is 13.3. The molecule has 0 bridgehead atoms. The summed E-state index contributed by atoms with van der Waals surface area (Å²) in [5, 5.41) is 2.40. The molecule has 0 saturated heterocycles. The predicted molar refractivity (Wildman–Crippen MR) is 120 cm³/mol. The molecule has 6 nitrogen and oxygen atoms in total. The molecule has 0 aliphatic rings. The number of aryl methyl sites for hydroxylation is 1. The second kappa shape index (κ2) is 10.9. The Hall–Kier alpha value is -2.23. The number of carbonyl (C=O) groups excluding carboxylic acids is 2. The minimum Gasteiger partial charge on any atom is -0.483 e. The second-order valence-corrected chi connectivity index (χ2v) is 7.78. The largest absolute Gasteiger partial charge is 0.483 e. The molecule has 2 rings (SSSR count). The van der Waals surface area contributed by atoms with Crippen molar-refractivity contribution in [3.05, 3.63) is 68.6 Å². The lowest BCUT2D eigenvalue weighted by Gasteiger charge is -2.11. The summed E-state index contributed by atoms with van der Waals surface area (Å²) in [5.41, 5.74) is 6.83. The van der Waals surface area contributed by atoms with Gasteiger partial charge in [0.2, 0.25) is 5.91 Å². The fraction of sp³-hybridized carbons (Fsp3) is 0.105. The third-order valence-electron chi connectivity index (χ3n) is 3.31. The van der Waals surface area contributed by atoms with Crippen LogP contribution in [0.15, 0.2) is 57.5 Å². The number of ether oxygens (including phenoxy) is 1. The highest BCUT2D eigenvalue weighted by Crippen LogP contribution is 2.27. The van der Waals surface area contributed by atoms with Gasteiger partial charge >= 0.3 is 0 Å². The van der Waals surface area contributed by atoms with Crippen LogP contribution in [0.25, 0.3) is 6.08 Å². The van der Waals surface area contributed by atoms with Crippen LogP contribution in [0.3, 0.4) is 0 Å². The highest BCUT2D eigenvalue weighted by molar-refractivity contribution is 9.11. The maximum atomic E-state index is 11.8. The van der Waals surface area contributed by atoms with Crippen LogP contribution >= 0.6 is 44.1 Å². The first-order valence-electron chi connectivity index (χ1n) is 8.06. The van der Waals surface area contributed by atoms with Gasteiger partial charge in [-0.25, -0.2) is 0 Å². The number of thiocarbonyl (C=S) groups is 1. The van der Waals surface area contributed by atoms with E-state index >= 15 is 0 Å². The summed E-state index contributed by atoms with van der Waals surface area (Å²) >= 11 is 11.6. The molecule has 0 radical (unpaired) electrons. The van der Waals surface area contributed by atoms with E-state index in [1.165, 1.54) is 6.08 Å². The van der Waals surface area contributed by atoms with Crippen LogP contribution in [0.4, 0.5) is 0 Å². The molecule has 0 aliphatic carbocycles. The van der Waals surface area contributed by atoms with Crippen molar-refractivity contribution >= 4 is 67.1 Å². The maximum absolute atomic E-state index is 11.8. The summed E-state index contributed by atoms with van der Waals surface area (Å²) in [4.78, 5) is 23.7. The van der Waals surface area contributed by atoms with Gasteiger partial charge in [0.05, 0.1) is 4.47 Å². The van der Waals surface area contributed by atoms with Crippen LogP contribution in [0.2, 0.25) is 0 Å². The Balaban J connectivity index is 1.71. The minimum atomic E-state index is -0.457. The standard InChI is InChI=1S/C19H17Br2N3O3S/c1-12-2-4-13(5-3-12)6-9-17(25)22-19(28)24-23-18(26)11-27-16-8-7-14(20)10-15(16)21/h2-10H,11H2,1H3,(H,23,26)(H2,22,24,25,28). The van der Waals surface area contributed by atoms with E-state index in [0.717, 1.165) is 15.6 Å². The van der Waals surface area contributed by atoms with Gasteiger partial charge in [-0.2, -0.15) is 0 Å². The van der Waals surface area contributed by atoms with E-state index in [2.05, 4.69) is 48.0 Å². The third kappa shape index (κ3) is 7.79. The van der Waals surface area contributed by atoms with Crippen LogP contribution in [-0.2, 0) is 9.59 Å². The van der Waals surface area contributed by atoms with Crippen molar-refractivity contribution in [1.29, 1.82) is 0 Å². The molecule has 3 N–H and O–H groups in total. The van der Waals surface area contributed by atoms with E-state index in [1.807, 2.05) is 31.2 Å².